The van der Waals surface area contributed by atoms with Crippen molar-refractivity contribution in [1.29, 1.82) is 0 Å². The van der Waals surface area contributed by atoms with Crippen LogP contribution in [0.1, 0.15) is 12.5 Å². The van der Waals surface area contributed by atoms with Crippen molar-refractivity contribution in [1.82, 2.24) is 4.90 Å². The molecule has 0 bridgehead atoms. The minimum Gasteiger partial charge on any atom is -0.377 e. The summed E-state index contributed by atoms with van der Waals surface area (Å²) < 4.78 is 5.34. The van der Waals surface area contributed by atoms with Crippen molar-refractivity contribution >= 4 is 17.5 Å². The van der Waals surface area contributed by atoms with Gasteiger partial charge in [0.25, 0.3) is 0 Å². The number of rotatable bonds is 4. The highest BCUT2D eigenvalue weighted by Crippen LogP contribution is 2.14. The summed E-state index contributed by atoms with van der Waals surface area (Å²) in [5, 5.41) is 2.69. The molecule has 0 spiro atoms. The van der Waals surface area contributed by atoms with Crippen LogP contribution in [0.4, 0.5) is 5.69 Å². The topological polar surface area (TPSA) is 58.6 Å². The first-order valence-corrected chi connectivity index (χ1v) is 6.99. The zero-order chi connectivity index (χ0) is 15.2. The van der Waals surface area contributed by atoms with E-state index >= 15 is 0 Å². The van der Waals surface area contributed by atoms with Crippen molar-refractivity contribution in [3.8, 4) is 0 Å². The number of morpholine rings is 1. The Bertz CT molecular complexity index is 542. The maximum Gasteiger partial charge on any atom is 0.247 e. The van der Waals surface area contributed by atoms with Gasteiger partial charge in [0, 0.05) is 12.2 Å². The smallest absolute Gasteiger partial charge is 0.247 e. The third-order valence-corrected chi connectivity index (χ3v) is 3.42. The lowest BCUT2D eigenvalue weighted by Gasteiger charge is -2.33. The summed E-state index contributed by atoms with van der Waals surface area (Å²) in [5.74, 6) is -0.182. The van der Waals surface area contributed by atoms with Crippen LogP contribution < -0.4 is 5.32 Å². The number of hydrogen-bond acceptors (Lipinski definition) is 3. The van der Waals surface area contributed by atoms with E-state index in [0.29, 0.717) is 31.9 Å². The van der Waals surface area contributed by atoms with Gasteiger partial charge in [0.15, 0.2) is 0 Å². The van der Waals surface area contributed by atoms with Crippen LogP contribution in [0.25, 0.3) is 0 Å². The third-order valence-electron chi connectivity index (χ3n) is 3.42. The Kier molecular flexibility index (Phi) is 5.11. The SMILES string of the molecule is C=CC(=O)Nc1cccc(CC(=O)N2CCOCC2C)c1. The number of amides is 2. The number of nitrogens with zero attached hydrogens (tertiary/aromatic N) is 1. The van der Waals surface area contributed by atoms with Crippen LogP contribution in [0.15, 0.2) is 36.9 Å². The summed E-state index contributed by atoms with van der Waals surface area (Å²) in [6.07, 6.45) is 1.54. The number of benzene rings is 1. The molecule has 2 amide bonds. The summed E-state index contributed by atoms with van der Waals surface area (Å²) in [5.41, 5.74) is 1.54. The summed E-state index contributed by atoms with van der Waals surface area (Å²) in [6, 6.07) is 7.41. The van der Waals surface area contributed by atoms with Gasteiger partial charge in [-0.15, -0.1) is 0 Å². The highest BCUT2D eigenvalue weighted by Gasteiger charge is 2.23. The Morgan fingerprint density at radius 3 is 3.05 bits per heavy atom. The molecule has 0 aromatic heterocycles. The van der Waals surface area contributed by atoms with Gasteiger partial charge in [-0.25, -0.2) is 0 Å². The van der Waals surface area contributed by atoms with Crippen molar-refractivity contribution in [3.63, 3.8) is 0 Å². The molecule has 5 heteroatoms. The minimum atomic E-state index is -0.264. The molecule has 0 aliphatic carbocycles. The van der Waals surface area contributed by atoms with E-state index in [4.69, 9.17) is 4.74 Å². The number of ether oxygens (including phenoxy) is 1. The first-order valence-electron chi connectivity index (χ1n) is 6.99. The maximum atomic E-state index is 12.3. The Labute approximate surface area is 124 Å². The van der Waals surface area contributed by atoms with Crippen LogP contribution in [0.3, 0.4) is 0 Å². The van der Waals surface area contributed by atoms with E-state index in [1.54, 1.807) is 6.07 Å². The van der Waals surface area contributed by atoms with Gasteiger partial charge in [0.05, 0.1) is 25.7 Å². The van der Waals surface area contributed by atoms with Gasteiger partial charge in [0.2, 0.25) is 11.8 Å². The van der Waals surface area contributed by atoms with Gasteiger partial charge in [-0.2, -0.15) is 0 Å². The average molecular weight is 288 g/mol. The van der Waals surface area contributed by atoms with E-state index < -0.39 is 0 Å². The van der Waals surface area contributed by atoms with E-state index in [2.05, 4.69) is 11.9 Å². The largest absolute Gasteiger partial charge is 0.377 e. The molecule has 2 rings (SSSR count). The molecule has 1 aliphatic rings. The third kappa shape index (κ3) is 4.16. The molecule has 0 saturated carbocycles. The summed E-state index contributed by atoms with van der Waals surface area (Å²) in [6.45, 7) is 7.20. The maximum absolute atomic E-state index is 12.3. The van der Waals surface area contributed by atoms with Gasteiger partial charge >= 0.3 is 0 Å². The van der Waals surface area contributed by atoms with E-state index in [1.807, 2.05) is 30.0 Å². The predicted molar refractivity (Wildman–Crippen MR) is 81.0 cm³/mol. The van der Waals surface area contributed by atoms with E-state index in [0.717, 1.165) is 5.56 Å². The molecule has 1 N–H and O–H groups in total. The molecule has 21 heavy (non-hydrogen) atoms. The summed E-state index contributed by atoms with van der Waals surface area (Å²) in [7, 11) is 0. The Morgan fingerprint density at radius 1 is 1.52 bits per heavy atom. The van der Waals surface area contributed by atoms with Crippen LogP contribution in [0.5, 0.6) is 0 Å². The fourth-order valence-corrected chi connectivity index (χ4v) is 2.33. The van der Waals surface area contributed by atoms with Crippen molar-refractivity contribution in [2.75, 3.05) is 25.1 Å². The van der Waals surface area contributed by atoms with E-state index in [9.17, 15) is 9.59 Å². The Morgan fingerprint density at radius 2 is 2.33 bits per heavy atom. The number of carbonyl (C=O) groups is 2. The van der Waals surface area contributed by atoms with Crippen molar-refractivity contribution in [2.24, 2.45) is 0 Å². The van der Waals surface area contributed by atoms with Crippen LogP contribution in [0.2, 0.25) is 0 Å². The van der Waals surface area contributed by atoms with Crippen LogP contribution in [-0.4, -0.2) is 42.5 Å². The standard InChI is InChI=1S/C16H20N2O3/c1-3-15(19)17-14-6-4-5-13(9-14)10-16(20)18-7-8-21-11-12(18)2/h3-6,9,12H,1,7-8,10-11H2,2H3,(H,17,19). The van der Waals surface area contributed by atoms with Gasteiger partial charge in [0.1, 0.15) is 0 Å². The minimum absolute atomic E-state index is 0.0815. The monoisotopic (exact) mass is 288 g/mol. The van der Waals surface area contributed by atoms with Crippen LogP contribution >= 0.6 is 0 Å². The lowest BCUT2D eigenvalue weighted by atomic mass is 10.1. The van der Waals surface area contributed by atoms with Crippen molar-refractivity contribution < 1.29 is 14.3 Å². The predicted octanol–water partition coefficient (Wildman–Crippen LogP) is 1.60. The second-order valence-electron chi connectivity index (χ2n) is 5.08. The Hall–Kier alpha value is -2.14. The second-order valence-corrected chi connectivity index (χ2v) is 5.08. The molecule has 1 aromatic rings. The first kappa shape index (κ1) is 15.3. The fourth-order valence-electron chi connectivity index (χ4n) is 2.33. The molecule has 1 aromatic carbocycles. The lowest BCUT2D eigenvalue weighted by molar-refractivity contribution is -0.138. The summed E-state index contributed by atoms with van der Waals surface area (Å²) in [4.78, 5) is 25.5. The molecule has 1 fully saturated rings. The van der Waals surface area contributed by atoms with Crippen molar-refractivity contribution in [3.05, 3.63) is 42.5 Å². The molecule has 1 unspecified atom stereocenters. The van der Waals surface area contributed by atoms with E-state index in [1.165, 1.54) is 6.08 Å². The number of anilines is 1. The zero-order valence-electron chi connectivity index (χ0n) is 12.2. The zero-order valence-corrected chi connectivity index (χ0v) is 12.2. The molecule has 112 valence electrons. The second kappa shape index (κ2) is 7.04. The van der Waals surface area contributed by atoms with Gasteiger partial charge in [-0.05, 0) is 30.7 Å². The van der Waals surface area contributed by atoms with Gasteiger partial charge in [-0.1, -0.05) is 18.7 Å². The highest BCUT2D eigenvalue weighted by molar-refractivity contribution is 5.98. The quantitative estimate of drug-likeness (QED) is 0.856. The first-order chi connectivity index (χ1) is 10.1. The van der Waals surface area contributed by atoms with Gasteiger partial charge < -0.3 is 15.0 Å². The highest BCUT2D eigenvalue weighted by atomic mass is 16.5. The number of hydrogen-bond donors (Lipinski definition) is 1. The Balaban J connectivity index is 2.01. The van der Waals surface area contributed by atoms with Crippen LogP contribution in [0, 0.1) is 0 Å². The van der Waals surface area contributed by atoms with E-state index in [-0.39, 0.29) is 17.9 Å². The molecule has 1 aliphatic heterocycles. The number of nitrogens with one attached hydrogen (secondary N) is 1. The molecule has 1 atom stereocenters. The van der Waals surface area contributed by atoms with Crippen LogP contribution in [-0.2, 0) is 20.7 Å². The molecular weight excluding hydrogens is 268 g/mol. The number of carbonyl (C=O) groups excluding carboxylic acids is 2. The molecule has 0 radical (unpaired) electrons. The molecular formula is C16H20N2O3. The fraction of sp³-hybridized carbons (Fsp3) is 0.375. The molecule has 5 nitrogen and oxygen atoms in total. The lowest BCUT2D eigenvalue weighted by Crippen LogP contribution is -2.47. The molecule has 1 heterocycles. The molecule has 1 saturated heterocycles. The van der Waals surface area contributed by atoms with Crippen molar-refractivity contribution in [2.45, 2.75) is 19.4 Å². The normalized spacial score (nSPS) is 18.1. The average Bonchev–Trinajstić information content (AvgIpc) is 2.47. The van der Waals surface area contributed by atoms with Gasteiger partial charge in [-0.3, -0.25) is 9.59 Å². The summed E-state index contributed by atoms with van der Waals surface area (Å²) >= 11 is 0.